The van der Waals surface area contributed by atoms with Crippen molar-refractivity contribution < 1.29 is 4.79 Å². The summed E-state index contributed by atoms with van der Waals surface area (Å²) in [6.07, 6.45) is 7.89. The van der Waals surface area contributed by atoms with Crippen molar-refractivity contribution in [3.8, 4) is 0 Å². The zero-order valence-corrected chi connectivity index (χ0v) is 20.6. The molecule has 2 aliphatic heterocycles. The van der Waals surface area contributed by atoms with E-state index in [9.17, 15) is 4.79 Å². The number of fused-ring (bicyclic) bond motifs is 2. The number of piperazine rings is 1. The fourth-order valence-electron chi connectivity index (χ4n) is 6.14. The van der Waals surface area contributed by atoms with E-state index in [0.29, 0.717) is 5.91 Å². The third-order valence-corrected chi connectivity index (χ3v) is 8.54. The summed E-state index contributed by atoms with van der Waals surface area (Å²) in [6.45, 7) is 4.95. The predicted octanol–water partition coefficient (Wildman–Crippen LogP) is 4.74. The molecule has 2 fully saturated rings. The number of carbonyl (C=O) groups is 1. The van der Waals surface area contributed by atoms with E-state index in [4.69, 9.17) is 0 Å². The van der Waals surface area contributed by atoms with Crippen molar-refractivity contribution in [3.63, 3.8) is 0 Å². The van der Waals surface area contributed by atoms with Crippen LogP contribution in [0, 0.1) is 5.92 Å². The molecule has 1 saturated carbocycles. The number of hydrogen-bond acceptors (Lipinski definition) is 6. The summed E-state index contributed by atoms with van der Waals surface area (Å²) in [7, 11) is 0. The molecule has 7 heteroatoms. The Morgan fingerprint density at radius 2 is 1.68 bits per heavy atom. The van der Waals surface area contributed by atoms with Gasteiger partial charge in [-0.2, -0.15) is 8.75 Å². The first-order valence-corrected chi connectivity index (χ1v) is 13.6. The Bertz CT molecular complexity index is 1150. The zero-order valence-electron chi connectivity index (χ0n) is 19.7. The van der Waals surface area contributed by atoms with Gasteiger partial charge in [-0.3, -0.25) is 9.69 Å². The van der Waals surface area contributed by atoms with Gasteiger partial charge >= 0.3 is 0 Å². The minimum absolute atomic E-state index is 0.200. The van der Waals surface area contributed by atoms with Gasteiger partial charge in [0.05, 0.1) is 17.4 Å². The lowest BCUT2D eigenvalue weighted by Crippen LogP contribution is -2.55. The van der Waals surface area contributed by atoms with Crippen molar-refractivity contribution in [3.05, 3.63) is 48.0 Å². The SMILES string of the molecule is O=C(C1CCCCC1)N1c2ccccc2CCC1CN1CCN(c2cccc3nsnc23)CC1. The van der Waals surface area contributed by atoms with Crippen LogP contribution >= 0.6 is 11.7 Å². The summed E-state index contributed by atoms with van der Waals surface area (Å²) >= 11 is 1.29. The number of benzene rings is 2. The smallest absolute Gasteiger partial charge is 0.230 e. The molecule has 6 rings (SSSR count). The Hall–Kier alpha value is -2.51. The summed E-state index contributed by atoms with van der Waals surface area (Å²) in [6, 6.07) is 15.1. The Morgan fingerprint density at radius 1 is 0.882 bits per heavy atom. The van der Waals surface area contributed by atoms with Crippen molar-refractivity contribution >= 4 is 40.0 Å². The number of para-hydroxylation sites is 1. The summed E-state index contributed by atoms with van der Waals surface area (Å²) in [5, 5.41) is 0. The highest BCUT2D eigenvalue weighted by Crippen LogP contribution is 2.35. The lowest BCUT2D eigenvalue weighted by molar-refractivity contribution is -0.124. The average Bonchev–Trinajstić information content (AvgIpc) is 3.38. The van der Waals surface area contributed by atoms with Gasteiger partial charge in [0, 0.05) is 50.4 Å². The molecular weight excluding hydrogens is 442 g/mol. The molecule has 1 amide bonds. The van der Waals surface area contributed by atoms with Crippen LogP contribution in [0.15, 0.2) is 42.5 Å². The normalized spacial score (nSPS) is 22.2. The number of hydrogen-bond donors (Lipinski definition) is 0. The first kappa shape index (κ1) is 22.0. The van der Waals surface area contributed by atoms with Crippen LogP contribution in [0.2, 0.25) is 0 Å². The highest BCUT2D eigenvalue weighted by molar-refractivity contribution is 7.00. The van der Waals surface area contributed by atoms with Gasteiger partial charge in [-0.15, -0.1) is 0 Å². The zero-order chi connectivity index (χ0) is 22.9. The van der Waals surface area contributed by atoms with E-state index in [1.807, 2.05) is 6.07 Å². The van der Waals surface area contributed by atoms with Gasteiger partial charge in [-0.1, -0.05) is 43.5 Å². The first-order valence-electron chi connectivity index (χ1n) is 12.9. The highest BCUT2D eigenvalue weighted by atomic mass is 32.1. The van der Waals surface area contributed by atoms with Gasteiger partial charge in [0.25, 0.3) is 0 Å². The molecular formula is C27H33N5OS. The van der Waals surface area contributed by atoms with Crippen molar-refractivity contribution in [1.82, 2.24) is 13.6 Å². The molecule has 1 atom stereocenters. The molecule has 3 aromatic rings. The minimum atomic E-state index is 0.200. The quantitative estimate of drug-likeness (QED) is 0.546. The van der Waals surface area contributed by atoms with Gasteiger partial charge < -0.3 is 9.80 Å². The number of anilines is 2. The maximum Gasteiger partial charge on any atom is 0.230 e. The van der Waals surface area contributed by atoms with Crippen molar-refractivity contribution in [2.75, 3.05) is 42.5 Å². The van der Waals surface area contributed by atoms with Gasteiger partial charge in [0.1, 0.15) is 11.0 Å². The van der Waals surface area contributed by atoms with Crippen molar-refractivity contribution in [1.29, 1.82) is 0 Å². The maximum atomic E-state index is 13.8. The van der Waals surface area contributed by atoms with Crippen LogP contribution in [0.25, 0.3) is 11.0 Å². The molecule has 2 aromatic carbocycles. The Labute approximate surface area is 205 Å². The van der Waals surface area contributed by atoms with E-state index in [1.165, 1.54) is 42.2 Å². The molecule has 0 bridgehead atoms. The molecule has 0 spiro atoms. The van der Waals surface area contributed by atoms with Gasteiger partial charge in [-0.25, -0.2) is 0 Å². The van der Waals surface area contributed by atoms with E-state index in [-0.39, 0.29) is 12.0 Å². The lowest BCUT2D eigenvalue weighted by Gasteiger charge is -2.43. The third kappa shape index (κ3) is 4.20. The topological polar surface area (TPSA) is 52.6 Å². The van der Waals surface area contributed by atoms with Crippen LogP contribution in [0.3, 0.4) is 0 Å². The summed E-state index contributed by atoms with van der Waals surface area (Å²) < 4.78 is 8.94. The fourth-order valence-corrected chi connectivity index (χ4v) is 6.68. The fraction of sp³-hybridized carbons (Fsp3) is 0.519. The number of amides is 1. The molecule has 1 aromatic heterocycles. The van der Waals surface area contributed by atoms with E-state index >= 15 is 0 Å². The number of carbonyl (C=O) groups excluding carboxylic acids is 1. The molecule has 6 nitrogen and oxygen atoms in total. The van der Waals surface area contributed by atoms with Crippen LogP contribution in [-0.4, -0.2) is 58.3 Å². The van der Waals surface area contributed by atoms with E-state index < -0.39 is 0 Å². The van der Waals surface area contributed by atoms with Gasteiger partial charge in [0.2, 0.25) is 5.91 Å². The second-order valence-electron chi connectivity index (χ2n) is 10.1. The number of aryl methyl sites for hydroxylation is 1. The van der Waals surface area contributed by atoms with Crippen molar-refractivity contribution in [2.24, 2.45) is 5.92 Å². The Morgan fingerprint density at radius 3 is 2.53 bits per heavy atom. The molecule has 0 radical (unpaired) electrons. The lowest BCUT2D eigenvalue weighted by atomic mass is 9.86. The minimum Gasteiger partial charge on any atom is -0.367 e. The molecule has 34 heavy (non-hydrogen) atoms. The van der Waals surface area contributed by atoms with Crippen LogP contribution in [0.1, 0.15) is 44.1 Å². The first-order chi connectivity index (χ1) is 16.8. The van der Waals surface area contributed by atoms with Gasteiger partial charge in [-0.05, 0) is 49.4 Å². The van der Waals surface area contributed by atoms with E-state index in [0.717, 1.165) is 75.1 Å². The van der Waals surface area contributed by atoms with E-state index in [2.05, 4.69) is 59.8 Å². The number of rotatable bonds is 4. The molecule has 1 saturated heterocycles. The second-order valence-corrected chi connectivity index (χ2v) is 10.6. The standard InChI is InChI=1S/C27H33N5OS/c33-27(21-8-2-1-3-9-21)32-22(14-13-20-7-4-5-11-24(20)32)19-30-15-17-31(18-16-30)25-12-6-10-23-26(25)29-34-28-23/h4-7,10-12,21-22H,1-3,8-9,13-19H2. The Balaban J connectivity index is 1.17. The molecule has 3 aliphatic rings. The summed E-state index contributed by atoms with van der Waals surface area (Å²) in [5.74, 6) is 0.574. The van der Waals surface area contributed by atoms with Crippen LogP contribution < -0.4 is 9.80 Å². The molecule has 1 aliphatic carbocycles. The summed E-state index contributed by atoms with van der Waals surface area (Å²) in [5.41, 5.74) is 5.71. The average molecular weight is 476 g/mol. The maximum absolute atomic E-state index is 13.8. The monoisotopic (exact) mass is 475 g/mol. The number of nitrogens with zero attached hydrogens (tertiary/aromatic N) is 5. The van der Waals surface area contributed by atoms with Gasteiger partial charge in [0.15, 0.2) is 0 Å². The third-order valence-electron chi connectivity index (χ3n) is 8.00. The molecule has 3 heterocycles. The van der Waals surface area contributed by atoms with Crippen LogP contribution in [0.4, 0.5) is 11.4 Å². The van der Waals surface area contributed by atoms with Crippen molar-refractivity contribution in [2.45, 2.75) is 51.0 Å². The Kier molecular flexibility index (Phi) is 6.22. The molecule has 1 unspecified atom stereocenters. The van der Waals surface area contributed by atoms with Crippen LogP contribution in [0.5, 0.6) is 0 Å². The predicted molar refractivity (Wildman–Crippen MR) is 139 cm³/mol. The molecule has 0 N–H and O–H groups in total. The number of aromatic nitrogens is 2. The molecule has 178 valence electrons. The summed E-state index contributed by atoms with van der Waals surface area (Å²) in [4.78, 5) is 21.0. The largest absolute Gasteiger partial charge is 0.367 e. The highest BCUT2D eigenvalue weighted by Gasteiger charge is 2.36. The second kappa shape index (κ2) is 9.62. The van der Waals surface area contributed by atoms with Crippen LogP contribution in [-0.2, 0) is 11.2 Å². The van der Waals surface area contributed by atoms with E-state index in [1.54, 1.807) is 0 Å².